The summed E-state index contributed by atoms with van der Waals surface area (Å²) in [5.74, 6) is 0.854. The van der Waals surface area contributed by atoms with E-state index in [9.17, 15) is 4.79 Å². The molecule has 19 heavy (non-hydrogen) atoms. The number of amides is 1. The Morgan fingerprint density at radius 1 is 1.26 bits per heavy atom. The predicted molar refractivity (Wildman–Crippen MR) is 78.0 cm³/mol. The highest BCUT2D eigenvalue weighted by atomic mass is 16.6. The summed E-state index contributed by atoms with van der Waals surface area (Å²) in [5, 5.41) is 2.66. The van der Waals surface area contributed by atoms with Gasteiger partial charge < -0.3 is 14.8 Å². The van der Waals surface area contributed by atoms with Gasteiger partial charge >= 0.3 is 6.09 Å². The van der Waals surface area contributed by atoms with E-state index in [1.807, 2.05) is 46.8 Å². The Kier molecular flexibility index (Phi) is 7.96. The lowest BCUT2D eigenvalue weighted by Gasteiger charge is -2.19. The molecule has 0 aromatic heterocycles. The number of nitrogens with one attached hydrogen (secondary N) is 1. The van der Waals surface area contributed by atoms with Gasteiger partial charge in [-0.2, -0.15) is 0 Å². The lowest BCUT2D eigenvalue weighted by Crippen LogP contribution is -2.34. The first-order chi connectivity index (χ1) is 8.76. The molecule has 0 atom stereocenters. The number of hydrogen-bond acceptors (Lipinski definition) is 3. The Bertz CT molecular complexity index is 334. The van der Waals surface area contributed by atoms with Crippen molar-refractivity contribution in [3.63, 3.8) is 0 Å². The van der Waals surface area contributed by atoms with Crippen LogP contribution in [0.2, 0.25) is 0 Å². The van der Waals surface area contributed by atoms with E-state index in [1.165, 1.54) is 0 Å². The van der Waals surface area contributed by atoms with Crippen LogP contribution in [0.15, 0.2) is 23.5 Å². The Labute approximate surface area is 116 Å². The summed E-state index contributed by atoms with van der Waals surface area (Å²) in [6, 6.07) is 0. The molecule has 0 saturated carbocycles. The van der Waals surface area contributed by atoms with Gasteiger partial charge in [-0.15, -0.1) is 0 Å². The molecule has 0 saturated heterocycles. The fraction of sp³-hybridized carbons (Fsp3) is 0.667. The molecule has 0 aromatic carbocycles. The second-order valence-electron chi connectivity index (χ2n) is 5.45. The molecule has 0 heterocycles. The zero-order valence-electron chi connectivity index (χ0n) is 13.0. The average molecular weight is 269 g/mol. The second kappa shape index (κ2) is 8.62. The lowest BCUT2D eigenvalue weighted by atomic mass is 10.2. The van der Waals surface area contributed by atoms with Crippen LogP contribution in [-0.4, -0.2) is 24.8 Å². The molecule has 110 valence electrons. The summed E-state index contributed by atoms with van der Waals surface area (Å²) >= 11 is 0. The van der Waals surface area contributed by atoms with E-state index in [2.05, 4.69) is 12.2 Å². The van der Waals surface area contributed by atoms with Crippen LogP contribution in [0.1, 0.15) is 48.0 Å². The Hall–Kier alpha value is -1.45. The Morgan fingerprint density at radius 3 is 2.37 bits per heavy atom. The van der Waals surface area contributed by atoms with Crippen molar-refractivity contribution in [2.45, 2.75) is 53.6 Å². The van der Waals surface area contributed by atoms with Gasteiger partial charge in [0.2, 0.25) is 0 Å². The molecule has 0 bridgehead atoms. The van der Waals surface area contributed by atoms with E-state index in [-0.39, 0.29) is 0 Å². The summed E-state index contributed by atoms with van der Waals surface area (Å²) in [4.78, 5) is 11.4. The van der Waals surface area contributed by atoms with Gasteiger partial charge in [-0.1, -0.05) is 13.0 Å². The number of rotatable bonds is 6. The molecular formula is C15H27NO3. The van der Waals surface area contributed by atoms with Crippen molar-refractivity contribution >= 4 is 6.09 Å². The summed E-state index contributed by atoms with van der Waals surface area (Å²) < 4.78 is 10.7. The molecule has 0 aliphatic rings. The average Bonchev–Trinajstić information content (AvgIpc) is 2.25. The van der Waals surface area contributed by atoms with Crippen molar-refractivity contribution in [1.82, 2.24) is 5.32 Å². The number of ether oxygens (including phenoxy) is 2. The minimum Gasteiger partial charge on any atom is -0.492 e. The van der Waals surface area contributed by atoms with Crippen molar-refractivity contribution < 1.29 is 14.3 Å². The maximum Gasteiger partial charge on any atom is 0.407 e. The topological polar surface area (TPSA) is 47.6 Å². The minimum atomic E-state index is -0.472. The van der Waals surface area contributed by atoms with Gasteiger partial charge in [0.25, 0.3) is 0 Å². The predicted octanol–water partition coefficient (Wildman–Crippen LogP) is 3.79. The van der Waals surface area contributed by atoms with Crippen LogP contribution in [-0.2, 0) is 9.47 Å². The molecule has 4 heteroatoms. The zero-order valence-corrected chi connectivity index (χ0v) is 13.0. The fourth-order valence-corrected chi connectivity index (χ4v) is 1.21. The van der Waals surface area contributed by atoms with Gasteiger partial charge in [0.1, 0.15) is 18.0 Å². The third kappa shape index (κ3) is 10.2. The standard InChI is InChI=1S/C15H27NO3/c1-7-8-9-13(12(2)3)18-11-10-16-14(17)19-15(4,5)6/h8-9H,7,10-11H2,1-6H3,(H,16,17)/b9-8-. The summed E-state index contributed by atoms with van der Waals surface area (Å²) in [6.07, 6.45) is 4.56. The normalized spacial score (nSPS) is 11.3. The van der Waals surface area contributed by atoms with E-state index in [4.69, 9.17) is 9.47 Å². The molecule has 0 fully saturated rings. The third-order valence-electron chi connectivity index (χ3n) is 2.03. The molecule has 0 aliphatic heterocycles. The molecule has 4 nitrogen and oxygen atoms in total. The molecule has 1 N–H and O–H groups in total. The molecule has 0 unspecified atom stereocenters. The van der Waals surface area contributed by atoms with Crippen molar-refractivity contribution in [3.05, 3.63) is 23.5 Å². The number of alkyl carbamates (subject to hydrolysis) is 1. The van der Waals surface area contributed by atoms with E-state index >= 15 is 0 Å². The Morgan fingerprint density at radius 2 is 1.89 bits per heavy atom. The largest absolute Gasteiger partial charge is 0.492 e. The van der Waals surface area contributed by atoms with E-state index in [0.717, 1.165) is 17.8 Å². The van der Waals surface area contributed by atoms with Crippen LogP contribution in [0.25, 0.3) is 0 Å². The molecule has 0 spiro atoms. The summed E-state index contributed by atoms with van der Waals surface area (Å²) in [5.41, 5.74) is 0.641. The maximum absolute atomic E-state index is 11.4. The first-order valence-electron chi connectivity index (χ1n) is 6.70. The molecule has 0 radical (unpaired) electrons. The highest BCUT2D eigenvalue weighted by Crippen LogP contribution is 2.08. The maximum atomic E-state index is 11.4. The lowest BCUT2D eigenvalue weighted by molar-refractivity contribution is 0.0514. The van der Waals surface area contributed by atoms with Crippen molar-refractivity contribution in [3.8, 4) is 0 Å². The summed E-state index contributed by atoms with van der Waals surface area (Å²) in [7, 11) is 0. The first kappa shape index (κ1) is 17.6. The van der Waals surface area contributed by atoms with Gasteiger partial charge in [0, 0.05) is 0 Å². The van der Waals surface area contributed by atoms with Gasteiger partial charge in [0.05, 0.1) is 6.54 Å². The first-order valence-corrected chi connectivity index (χ1v) is 6.70. The van der Waals surface area contributed by atoms with Crippen LogP contribution in [0.3, 0.4) is 0 Å². The highest BCUT2D eigenvalue weighted by Gasteiger charge is 2.15. The van der Waals surface area contributed by atoms with Gasteiger partial charge in [0.15, 0.2) is 0 Å². The smallest absolute Gasteiger partial charge is 0.407 e. The molecule has 0 aromatic rings. The third-order valence-corrected chi connectivity index (χ3v) is 2.03. The van der Waals surface area contributed by atoms with Crippen LogP contribution in [0.4, 0.5) is 4.79 Å². The van der Waals surface area contributed by atoms with Crippen molar-refractivity contribution in [2.24, 2.45) is 0 Å². The van der Waals surface area contributed by atoms with Crippen LogP contribution in [0.5, 0.6) is 0 Å². The van der Waals surface area contributed by atoms with E-state index in [0.29, 0.717) is 13.2 Å². The number of hydrogen-bond donors (Lipinski definition) is 1. The second-order valence-corrected chi connectivity index (χ2v) is 5.45. The molecule has 0 aliphatic carbocycles. The zero-order chi connectivity index (χ0) is 14.9. The fourth-order valence-electron chi connectivity index (χ4n) is 1.21. The highest BCUT2D eigenvalue weighted by molar-refractivity contribution is 5.67. The van der Waals surface area contributed by atoms with Gasteiger partial charge in [-0.25, -0.2) is 4.79 Å². The molecule has 1 amide bonds. The minimum absolute atomic E-state index is 0.418. The van der Waals surface area contributed by atoms with Crippen LogP contribution in [0, 0.1) is 0 Å². The summed E-state index contributed by atoms with van der Waals surface area (Å²) in [6.45, 7) is 12.4. The monoisotopic (exact) mass is 269 g/mol. The number of carbonyl (C=O) groups excluding carboxylic acids is 1. The SMILES string of the molecule is CC/C=C\C(OCCNC(=O)OC(C)(C)C)=C(C)C. The number of allylic oxidation sites excluding steroid dienone is 3. The molecular weight excluding hydrogens is 242 g/mol. The van der Waals surface area contributed by atoms with E-state index in [1.54, 1.807) is 0 Å². The van der Waals surface area contributed by atoms with Crippen LogP contribution >= 0.6 is 0 Å². The number of carbonyl (C=O) groups is 1. The van der Waals surface area contributed by atoms with Gasteiger partial charge in [-0.3, -0.25) is 0 Å². The van der Waals surface area contributed by atoms with Crippen LogP contribution < -0.4 is 5.32 Å². The quantitative estimate of drug-likeness (QED) is 0.453. The van der Waals surface area contributed by atoms with Crippen molar-refractivity contribution in [1.29, 1.82) is 0 Å². The molecule has 0 rings (SSSR count). The van der Waals surface area contributed by atoms with Gasteiger partial charge in [-0.05, 0) is 52.7 Å². The Balaban J connectivity index is 4.00. The van der Waals surface area contributed by atoms with Crippen molar-refractivity contribution in [2.75, 3.05) is 13.2 Å². The van der Waals surface area contributed by atoms with E-state index < -0.39 is 11.7 Å².